The van der Waals surface area contributed by atoms with Crippen molar-refractivity contribution in [3.8, 4) is 5.95 Å². The maximum atomic E-state index is 4.49. The van der Waals surface area contributed by atoms with Crippen LogP contribution in [0.2, 0.25) is 0 Å². The third-order valence-corrected chi connectivity index (χ3v) is 4.48. The number of aromatic nitrogens is 3. The fourth-order valence-electron chi connectivity index (χ4n) is 3.45. The molecule has 0 unspecified atom stereocenters. The van der Waals surface area contributed by atoms with Crippen LogP contribution in [0, 0.1) is 6.92 Å². The van der Waals surface area contributed by atoms with Crippen LogP contribution in [-0.4, -0.2) is 14.5 Å². The summed E-state index contributed by atoms with van der Waals surface area (Å²) in [4.78, 5) is 8.99. The average Bonchev–Trinajstić information content (AvgIpc) is 2.90. The highest BCUT2D eigenvalue weighted by molar-refractivity contribution is 5.91. The third-order valence-electron chi connectivity index (χ3n) is 4.48. The maximum absolute atomic E-state index is 4.49. The standard InChI is InChI=1S/C19H19N3/c1-14-16-10-5-6-11-17(16)22(19-20-12-7-13-21-19)18(14)15-8-3-2-4-9-15/h5-8,10-13H,2-4,9H2,1H3. The Kier molecular flexibility index (Phi) is 3.26. The Morgan fingerprint density at radius 3 is 2.59 bits per heavy atom. The highest BCUT2D eigenvalue weighted by Gasteiger charge is 2.20. The van der Waals surface area contributed by atoms with E-state index >= 15 is 0 Å². The molecule has 1 aliphatic rings. The van der Waals surface area contributed by atoms with E-state index in [0.29, 0.717) is 0 Å². The minimum atomic E-state index is 0.758. The predicted molar refractivity (Wildman–Crippen MR) is 90.0 cm³/mol. The van der Waals surface area contributed by atoms with Gasteiger partial charge in [-0.1, -0.05) is 24.3 Å². The van der Waals surface area contributed by atoms with Gasteiger partial charge in [-0.05, 0) is 55.9 Å². The normalized spacial score (nSPS) is 15.0. The van der Waals surface area contributed by atoms with Gasteiger partial charge in [-0.15, -0.1) is 0 Å². The number of rotatable bonds is 2. The second kappa shape index (κ2) is 5.41. The van der Waals surface area contributed by atoms with E-state index in [1.807, 2.05) is 18.5 Å². The largest absolute Gasteiger partial charge is 0.278 e. The van der Waals surface area contributed by atoms with E-state index in [4.69, 9.17) is 0 Å². The van der Waals surface area contributed by atoms with Gasteiger partial charge in [0, 0.05) is 17.8 Å². The third kappa shape index (κ3) is 2.05. The van der Waals surface area contributed by atoms with Gasteiger partial charge in [-0.2, -0.15) is 0 Å². The molecule has 3 heteroatoms. The highest BCUT2D eigenvalue weighted by Crippen LogP contribution is 2.36. The SMILES string of the molecule is Cc1c(C2=CCCCC2)n(-c2ncccn2)c2ccccc12. The van der Waals surface area contributed by atoms with E-state index in [9.17, 15) is 0 Å². The summed E-state index contributed by atoms with van der Waals surface area (Å²) < 4.78 is 2.22. The molecule has 0 radical (unpaired) electrons. The zero-order chi connectivity index (χ0) is 14.9. The van der Waals surface area contributed by atoms with Crippen molar-refractivity contribution in [1.29, 1.82) is 0 Å². The molecule has 3 aromatic rings. The molecule has 1 aromatic carbocycles. The molecular weight excluding hydrogens is 270 g/mol. The van der Waals surface area contributed by atoms with Crippen LogP contribution < -0.4 is 0 Å². The lowest BCUT2D eigenvalue weighted by Gasteiger charge is -2.16. The molecule has 1 aliphatic carbocycles. The Morgan fingerprint density at radius 2 is 1.82 bits per heavy atom. The highest BCUT2D eigenvalue weighted by atomic mass is 15.2. The lowest BCUT2D eigenvalue weighted by atomic mass is 9.95. The molecule has 2 aromatic heterocycles. The zero-order valence-corrected chi connectivity index (χ0v) is 12.8. The predicted octanol–water partition coefficient (Wildman–Crippen LogP) is 4.69. The molecule has 0 saturated heterocycles. The molecule has 2 heterocycles. The minimum absolute atomic E-state index is 0.758. The van der Waals surface area contributed by atoms with Crippen molar-refractivity contribution in [2.75, 3.05) is 0 Å². The van der Waals surface area contributed by atoms with Gasteiger partial charge in [0.25, 0.3) is 0 Å². The van der Waals surface area contributed by atoms with Gasteiger partial charge in [0.1, 0.15) is 0 Å². The van der Waals surface area contributed by atoms with Crippen molar-refractivity contribution in [3.63, 3.8) is 0 Å². The van der Waals surface area contributed by atoms with Crippen molar-refractivity contribution in [2.24, 2.45) is 0 Å². The van der Waals surface area contributed by atoms with Crippen LogP contribution in [0.15, 0.2) is 48.8 Å². The Morgan fingerprint density at radius 1 is 1.00 bits per heavy atom. The fourth-order valence-corrected chi connectivity index (χ4v) is 3.45. The molecule has 4 rings (SSSR count). The topological polar surface area (TPSA) is 30.7 Å². The first-order chi connectivity index (χ1) is 10.9. The summed E-state index contributed by atoms with van der Waals surface area (Å²) in [6, 6.07) is 10.4. The van der Waals surface area contributed by atoms with Gasteiger partial charge in [-0.3, -0.25) is 4.57 Å². The smallest absolute Gasteiger partial charge is 0.234 e. The molecule has 0 saturated carbocycles. The first-order valence-electron chi connectivity index (χ1n) is 7.93. The van der Waals surface area contributed by atoms with Crippen molar-refractivity contribution in [3.05, 3.63) is 60.1 Å². The van der Waals surface area contributed by atoms with Crippen LogP contribution in [0.4, 0.5) is 0 Å². The number of allylic oxidation sites excluding steroid dienone is 2. The Bertz CT molecular complexity index is 844. The molecule has 3 nitrogen and oxygen atoms in total. The monoisotopic (exact) mass is 289 g/mol. The zero-order valence-electron chi connectivity index (χ0n) is 12.8. The van der Waals surface area contributed by atoms with Crippen molar-refractivity contribution >= 4 is 16.5 Å². The van der Waals surface area contributed by atoms with Crippen LogP contribution in [0.3, 0.4) is 0 Å². The molecular formula is C19H19N3. The van der Waals surface area contributed by atoms with Gasteiger partial charge >= 0.3 is 0 Å². The second-order valence-electron chi connectivity index (χ2n) is 5.85. The van der Waals surface area contributed by atoms with Crippen molar-refractivity contribution < 1.29 is 0 Å². The van der Waals surface area contributed by atoms with Gasteiger partial charge in [-0.25, -0.2) is 9.97 Å². The molecule has 0 spiro atoms. The lowest BCUT2D eigenvalue weighted by Crippen LogP contribution is -2.06. The van der Waals surface area contributed by atoms with E-state index in [2.05, 4.69) is 51.8 Å². The summed E-state index contributed by atoms with van der Waals surface area (Å²) in [5.41, 5.74) is 5.24. The van der Waals surface area contributed by atoms with Gasteiger partial charge < -0.3 is 0 Å². The number of nitrogens with zero attached hydrogens (tertiary/aromatic N) is 3. The van der Waals surface area contributed by atoms with E-state index in [0.717, 1.165) is 12.4 Å². The molecule has 110 valence electrons. The van der Waals surface area contributed by atoms with Crippen molar-refractivity contribution in [2.45, 2.75) is 32.6 Å². The summed E-state index contributed by atoms with van der Waals surface area (Å²) in [5.74, 6) is 0.758. The van der Waals surface area contributed by atoms with Crippen LogP contribution >= 0.6 is 0 Å². The Hall–Kier alpha value is -2.42. The second-order valence-corrected chi connectivity index (χ2v) is 5.85. The maximum Gasteiger partial charge on any atom is 0.234 e. The summed E-state index contributed by atoms with van der Waals surface area (Å²) in [7, 11) is 0. The number of benzene rings is 1. The van der Waals surface area contributed by atoms with E-state index in [1.165, 1.54) is 47.0 Å². The van der Waals surface area contributed by atoms with Gasteiger partial charge in [0.05, 0.1) is 11.2 Å². The molecule has 22 heavy (non-hydrogen) atoms. The molecule has 0 N–H and O–H groups in total. The number of fused-ring (bicyclic) bond motifs is 1. The van der Waals surface area contributed by atoms with E-state index < -0.39 is 0 Å². The molecule has 0 fully saturated rings. The van der Waals surface area contributed by atoms with Crippen LogP contribution in [0.25, 0.3) is 22.4 Å². The summed E-state index contributed by atoms with van der Waals surface area (Å²) in [6.45, 7) is 2.21. The lowest BCUT2D eigenvalue weighted by molar-refractivity contribution is 0.736. The summed E-state index contributed by atoms with van der Waals surface area (Å²) >= 11 is 0. The first kappa shape index (κ1) is 13.3. The molecule has 0 bridgehead atoms. The van der Waals surface area contributed by atoms with Crippen LogP contribution in [-0.2, 0) is 0 Å². The number of aryl methyl sites for hydroxylation is 1. The number of hydrogen-bond acceptors (Lipinski definition) is 2. The minimum Gasteiger partial charge on any atom is -0.278 e. The number of para-hydroxylation sites is 1. The van der Waals surface area contributed by atoms with E-state index in [1.54, 1.807) is 0 Å². The summed E-state index contributed by atoms with van der Waals surface area (Å²) in [6.07, 6.45) is 10.9. The summed E-state index contributed by atoms with van der Waals surface area (Å²) in [5, 5.41) is 1.29. The molecule has 0 atom stereocenters. The fraction of sp³-hybridized carbons (Fsp3) is 0.263. The van der Waals surface area contributed by atoms with Crippen LogP contribution in [0.1, 0.15) is 36.9 Å². The molecule has 0 aliphatic heterocycles. The number of hydrogen-bond donors (Lipinski definition) is 0. The Balaban J connectivity index is 2.06. The Labute approximate surface area is 130 Å². The van der Waals surface area contributed by atoms with E-state index in [-0.39, 0.29) is 0 Å². The molecule has 0 amide bonds. The van der Waals surface area contributed by atoms with Crippen LogP contribution in [0.5, 0.6) is 0 Å². The first-order valence-corrected chi connectivity index (χ1v) is 7.93. The quantitative estimate of drug-likeness (QED) is 0.685. The van der Waals surface area contributed by atoms with Gasteiger partial charge in [0.15, 0.2) is 0 Å². The average molecular weight is 289 g/mol. The van der Waals surface area contributed by atoms with Gasteiger partial charge in [0.2, 0.25) is 5.95 Å². The van der Waals surface area contributed by atoms with Crippen molar-refractivity contribution in [1.82, 2.24) is 14.5 Å².